The molecule has 0 bridgehead atoms. The number of Topliss-reactive ketones (excluding diaryl/α,β-unsaturated/α-hetero) is 1. The summed E-state index contributed by atoms with van der Waals surface area (Å²) in [5.74, 6) is 0.215. The summed E-state index contributed by atoms with van der Waals surface area (Å²) in [6, 6.07) is 19.9. The van der Waals surface area contributed by atoms with Crippen LogP contribution in [0.5, 0.6) is 0 Å². The maximum Gasteiger partial charge on any atom is 0.255 e. The monoisotopic (exact) mass is 452 g/mol. The maximum absolute atomic E-state index is 12.4. The second kappa shape index (κ2) is 9.00. The summed E-state index contributed by atoms with van der Waals surface area (Å²) < 4.78 is 1.78. The van der Waals surface area contributed by atoms with E-state index in [1.54, 1.807) is 24.3 Å². The zero-order valence-electron chi connectivity index (χ0n) is 16.0. The van der Waals surface area contributed by atoms with E-state index in [4.69, 9.17) is 11.6 Å². The minimum atomic E-state index is -0.200. The number of rotatable bonds is 6. The van der Waals surface area contributed by atoms with Crippen LogP contribution in [0.2, 0.25) is 5.02 Å². The Morgan fingerprint density at radius 1 is 1.00 bits per heavy atom. The second-order valence-corrected chi connectivity index (χ2v) is 9.39. The molecule has 4 aromatic rings. The summed E-state index contributed by atoms with van der Waals surface area (Å²) in [6.07, 6.45) is 0. The lowest BCUT2D eigenvalue weighted by molar-refractivity contribution is 0.101. The van der Waals surface area contributed by atoms with Crippen molar-refractivity contribution in [1.29, 1.82) is 0 Å². The van der Waals surface area contributed by atoms with Gasteiger partial charge in [0.25, 0.3) is 5.91 Å². The van der Waals surface area contributed by atoms with Crippen LogP contribution in [0, 0.1) is 6.92 Å². The first kappa shape index (κ1) is 20.6. The number of carbonyl (C=O) groups excluding carboxylic acids is 2. The highest BCUT2D eigenvalue weighted by molar-refractivity contribution is 8.01. The van der Waals surface area contributed by atoms with Crippen LogP contribution < -0.4 is 5.32 Å². The topological polar surface area (TPSA) is 59.1 Å². The number of thiazole rings is 1. The number of aromatic nitrogens is 1. The van der Waals surface area contributed by atoms with Gasteiger partial charge in [0, 0.05) is 21.8 Å². The van der Waals surface area contributed by atoms with Crippen molar-refractivity contribution in [3.8, 4) is 0 Å². The van der Waals surface area contributed by atoms with E-state index >= 15 is 0 Å². The Kier molecular flexibility index (Phi) is 6.18. The molecule has 150 valence electrons. The molecule has 4 nitrogen and oxygen atoms in total. The Morgan fingerprint density at radius 3 is 2.43 bits per heavy atom. The van der Waals surface area contributed by atoms with E-state index in [0.717, 1.165) is 20.1 Å². The molecule has 30 heavy (non-hydrogen) atoms. The molecule has 0 atom stereocenters. The van der Waals surface area contributed by atoms with Crippen molar-refractivity contribution in [1.82, 2.24) is 4.98 Å². The molecule has 0 unspecified atom stereocenters. The van der Waals surface area contributed by atoms with Crippen molar-refractivity contribution in [3.05, 3.63) is 88.4 Å². The molecule has 0 aliphatic carbocycles. The van der Waals surface area contributed by atoms with Crippen LogP contribution in [0.15, 0.2) is 71.1 Å². The predicted molar refractivity (Wildman–Crippen MR) is 125 cm³/mol. The first-order valence-electron chi connectivity index (χ1n) is 9.18. The highest BCUT2D eigenvalue weighted by atomic mass is 35.5. The van der Waals surface area contributed by atoms with E-state index in [1.807, 2.05) is 49.4 Å². The van der Waals surface area contributed by atoms with E-state index in [9.17, 15) is 9.59 Å². The molecule has 1 amide bonds. The third kappa shape index (κ3) is 4.90. The number of thioether (sulfide) groups is 1. The maximum atomic E-state index is 12.4. The number of aryl methyl sites for hydroxylation is 1. The molecule has 7 heteroatoms. The largest absolute Gasteiger partial charge is 0.322 e. The molecular weight excluding hydrogens is 436 g/mol. The quantitative estimate of drug-likeness (QED) is 0.268. The number of hydrogen-bond donors (Lipinski definition) is 1. The molecule has 0 aliphatic rings. The van der Waals surface area contributed by atoms with Gasteiger partial charge in [0.15, 0.2) is 10.1 Å². The summed E-state index contributed by atoms with van der Waals surface area (Å²) in [5, 5.41) is 3.48. The average Bonchev–Trinajstić information content (AvgIpc) is 3.15. The highest BCUT2D eigenvalue weighted by Gasteiger charge is 2.11. The van der Waals surface area contributed by atoms with Crippen molar-refractivity contribution >= 4 is 62.3 Å². The van der Waals surface area contributed by atoms with Gasteiger partial charge in [0.1, 0.15) is 0 Å². The number of hydrogen-bond acceptors (Lipinski definition) is 5. The molecule has 1 heterocycles. The minimum absolute atomic E-state index is 0.0789. The van der Waals surface area contributed by atoms with Gasteiger partial charge in [-0.1, -0.05) is 53.2 Å². The normalized spacial score (nSPS) is 10.9. The molecule has 1 aromatic heterocycles. The molecule has 1 N–H and O–H groups in total. The fraction of sp³-hybridized carbons (Fsp3) is 0.0870. The Bertz CT molecular complexity index is 1220. The van der Waals surface area contributed by atoms with E-state index in [0.29, 0.717) is 27.6 Å². The summed E-state index contributed by atoms with van der Waals surface area (Å²) >= 11 is 8.81. The third-order valence-electron chi connectivity index (χ3n) is 4.43. The first-order valence-corrected chi connectivity index (χ1v) is 11.4. The van der Waals surface area contributed by atoms with Crippen molar-refractivity contribution in [3.63, 3.8) is 0 Å². The average molecular weight is 453 g/mol. The van der Waals surface area contributed by atoms with E-state index in [1.165, 1.54) is 23.1 Å². The van der Waals surface area contributed by atoms with Crippen LogP contribution in [-0.4, -0.2) is 22.4 Å². The standard InChI is InChI=1S/C23H17ClN2O2S2/c1-14-2-4-15(5-3-14)20(27)13-29-23-26-19-11-10-18(12-21(19)30-23)25-22(28)16-6-8-17(24)9-7-16/h2-12H,13H2,1H3,(H,25,28). The lowest BCUT2D eigenvalue weighted by Gasteiger charge is -2.05. The Morgan fingerprint density at radius 2 is 1.70 bits per heavy atom. The molecule has 0 radical (unpaired) electrons. The van der Waals surface area contributed by atoms with Gasteiger partial charge in [0.05, 0.1) is 16.0 Å². The van der Waals surface area contributed by atoms with Crippen molar-refractivity contribution in [2.75, 3.05) is 11.1 Å². The number of amides is 1. The number of nitrogens with one attached hydrogen (secondary N) is 1. The molecule has 0 aliphatic heterocycles. The molecule has 0 fully saturated rings. The Hall–Kier alpha value is -2.67. The van der Waals surface area contributed by atoms with Gasteiger partial charge in [-0.05, 0) is 49.4 Å². The van der Waals surface area contributed by atoms with Crippen molar-refractivity contribution in [2.45, 2.75) is 11.3 Å². The summed E-state index contributed by atoms with van der Waals surface area (Å²) in [6.45, 7) is 2.00. The van der Waals surface area contributed by atoms with Gasteiger partial charge in [-0.2, -0.15) is 0 Å². The van der Waals surface area contributed by atoms with Gasteiger partial charge >= 0.3 is 0 Å². The Balaban J connectivity index is 1.43. The fourth-order valence-corrected chi connectivity index (χ4v) is 4.93. The summed E-state index contributed by atoms with van der Waals surface area (Å²) in [5.41, 5.74) is 3.91. The SMILES string of the molecule is Cc1ccc(C(=O)CSc2nc3ccc(NC(=O)c4ccc(Cl)cc4)cc3s2)cc1. The van der Waals surface area contributed by atoms with Gasteiger partial charge in [-0.3, -0.25) is 9.59 Å². The van der Waals surface area contributed by atoms with E-state index < -0.39 is 0 Å². The van der Waals surface area contributed by atoms with Crippen LogP contribution in [-0.2, 0) is 0 Å². The van der Waals surface area contributed by atoms with E-state index in [-0.39, 0.29) is 11.7 Å². The molecular formula is C23H17ClN2O2S2. The lowest BCUT2D eigenvalue weighted by atomic mass is 10.1. The fourth-order valence-electron chi connectivity index (χ4n) is 2.80. The van der Waals surface area contributed by atoms with Gasteiger partial charge < -0.3 is 5.32 Å². The highest BCUT2D eigenvalue weighted by Crippen LogP contribution is 2.31. The van der Waals surface area contributed by atoms with E-state index in [2.05, 4.69) is 10.3 Å². The van der Waals surface area contributed by atoms with Crippen LogP contribution in [0.1, 0.15) is 26.3 Å². The number of halogens is 1. The number of carbonyl (C=O) groups is 2. The van der Waals surface area contributed by atoms with Crippen LogP contribution >= 0.6 is 34.7 Å². The Labute approximate surface area is 187 Å². The molecule has 3 aromatic carbocycles. The third-order valence-corrected chi connectivity index (χ3v) is 6.85. The van der Waals surface area contributed by atoms with Gasteiger partial charge in [0.2, 0.25) is 0 Å². The summed E-state index contributed by atoms with van der Waals surface area (Å²) in [7, 11) is 0. The van der Waals surface area contributed by atoms with Crippen LogP contribution in [0.4, 0.5) is 5.69 Å². The number of ketones is 1. The lowest BCUT2D eigenvalue weighted by Crippen LogP contribution is -2.11. The van der Waals surface area contributed by atoms with Gasteiger partial charge in [-0.15, -0.1) is 11.3 Å². The molecule has 0 saturated heterocycles. The number of benzene rings is 3. The smallest absolute Gasteiger partial charge is 0.255 e. The number of fused-ring (bicyclic) bond motifs is 1. The van der Waals surface area contributed by atoms with Gasteiger partial charge in [-0.25, -0.2) is 4.98 Å². The first-order chi connectivity index (χ1) is 14.5. The van der Waals surface area contributed by atoms with Crippen molar-refractivity contribution in [2.24, 2.45) is 0 Å². The van der Waals surface area contributed by atoms with Crippen LogP contribution in [0.3, 0.4) is 0 Å². The number of nitrogens with zero attached hydrogens (tertiary/aromatic N) is 1. The summed E-state index contributed by atoms with van der Waals surface area (Å²) in [4.78, 5) is 29.4. The molecule has 0 spiro atoms. The second-order valence-electron chi connectivity index (χ2n) is 6.70. The zero-order valence-corrected chi connectivity index (χ0v) is 18.4. The molecule has 4 rings (SSSR count). The molecule has 0 saturated carbocycles. The predicted octanol–water partition coefficient (Wildman–Crippen LogP) is 6.49. The zero-order chi connectivity index (χ0) is 21.1. The van der Waals surface area contributed by atoms with Crippen molar-refractivity contribution < 1.29 is 9.59 Å². The van der Waals surface area contributed by atoms with Crippen LogP contribution in [0.25, 0.3) is 10.2 Å². The number of anilines is 1. The minimum Gasteiger partial charge on any atom is -0.322 e.